The Hall–Kier alpha value is -1.58. The van der Waals surface area contributed by atoms with Gasteiger partial charge in [-0.1, -0.05) is 19.8 Å². The molecule has 1 fully saturated rings. The molecule has 0 bridgehead atoms. The van der Waals surface area contributed by atoms with Crippen molar-refractivity contribution in [3.05, 3.63) is 30.1 Å². The van der Waals surface area contributed by atoms with Gasteiger partial charge in [0.1, 0.15) is 5.82 Å². The second kappa shape index (κ2) is 7.27. The summed E-state index contributed by atoms with van der Waals surface area (Å²) in [4.78, 5) is 16.2. The molecule has 0 saturated carbocycles. The molecule has 1 heterocycles. The van der Waals surface area contributed by atoms with Gasteiger partial charge in [-0.3, -0.25) is 4.79 Å². The molecule has 0 unspecified atom stereocenters. The topological polar surface area (TPSA) is 23.6 Å². The molecule has 0 spiro atoms. The third kappa shape index (κ3) is 3.95. The number of anilines is 1. The number of piperazine rings is 1. The highest BCUT2D eigenvalue weighted by Gasteiger charge is 2.20. The van der Waals surface area contributed by atoms with Gasteiger partial charge in [0.05, 0.1) is 0 Å². The van der Waals surface area contributed by atoms with Gasteiger partial charge in [-0.25, -0.2) is 4.39 Å². The standard InChI is InChI=1S/C16H23FN2O/c1-2-3-4-5-16(20)19-12-10-18(11-13-19)15-8-6-14(17)7-9-15/h6-9H,2-5,10-13H2,1H3. The average molecular weight is 278 g/mol. The van der Waals surface area contributed by atoms with E-state index in [2.05, 4.69) is 11.8 Å². The Kier molecular flexibility index (Phi) is 5.39. The van der Waals surface area contributed by atoms with E-state index in [4.69, 9.17) is 0 Å². The molecule has 0 aliphatic carbocycles. The largest absolute Gasteiger partial charge is 0.368 e. The van der Waals surface area contributed by atoms with Crippen LogP contribution in [0.2, 0.25) is 0 Å². The summed E-state index contributed by atoms with van der Waals surface area (Å²) in [6.45, 7) is 5.33. The minimum atomic E-state index is -0.210. The summed E-state index contributed by atoms with van der Waals surface area (Å²) < 4.78 is 12.9. The van der Waals surface area contributed by atoms with Crippen LogP contribution in [0.1, 0.15) is 32.6 Å². The Morgan fingerprint density at radius 2 is 1.75 bits per heavy atom. The molecule has 1 aromatic carbocycles. The first-order valence-corrected chi connectivity index (χ1v) is 7.49. The maximum atomic E-state index is 12.9. The van der Waals surface area contributed by atoms with E-state index in [0.717, 1.165) is 51.1 Å². The lowest BCUT2D eigenvalue weighted by atomic mass is 10.1. The van der Waals surface area contributed by atoms with Crippen LogP contribution in [0.3, 0.4) is 0 Å². The minimum absolute atomic E-state index is 0.210. The zero-order chi connectivity index (χ0) is 14.4. The van der Waals surface area contributed by atoms with Gasteiger partial charge in [0.2, 0.25) is 5.91 Å². The maximum absolute atomic E-state index is 12.9. The van der Waals surface area contributed by atoms with Crippen molar-refractivity contribution in [3.8, 4) is 0 Å². The van der Waals surface area contributed by atoms with E-state index in [1.54, 1.807) is 12.1 Å². The fourth-order valence-corrected chi connectivity index (χ4v) is 2.55. The van der Waals surface area contributed by atoms with Crippen molar-refractivity contribution >= 4 is 11.6 Å². The third-order valence-electron chi connectivity index (χ3n) is 3.82. The molecular weight excluding hydrogens is 255 g/mol. The highest BCUT2D eigenvalue weighted by atomic mass is 19.1. The van der Waals surface area contributed by atoms with Crippen LogP contribution in [-0.4, -0.2) is 37.0 Å². The Morgan fingerprint density at radius 1 is 1.10 bits per heavy atom. The molecule has 3 nitrogen and oxygen atoms in total. The zero-order valence-electron chi connectivity index (χ0n) is 12.1. The number of amides is 1. The second-order valence-electron chi connectivity index (χ2n) is 5.30. The van der Waals surface area contributed by atoms with Gasteiger partial charge in [0, 0.05) is 38.3 Å². The lowest BCUT2D eigenvalue weighted by Crippen LogP contribution is -2.48. The summed E-state index contributed by atoms with van der Waals surface area (Å²) in [6, 6.07) is 6.57. The van der Waals surface area contributed by atoms with Gasteiger partial charge in [-0.05, 0) is 30.7 Å². The number of unbranched alkanes of at least 4 members (excludes halogenated alkanes) is 2. The molecular formula is C16H23FN2O. The van der Waals surface area contributed by atoms with Crippen LogP contribution in [-0.2, 0) is 4.79 Å². The van der Waals surface area contributed by atoms with E-state index in [9.17, 15) is 9.18 Å². The number of halogens is 1. The first-order chi connectivity index (χ1) is 9.70. The predicted octanol–water partition coefficient (Wildman–Crippen LogP) is 3.05. The second-order valence-corrected chi connectivity index (χ2v) is 5.30. The summed E-state index contributed by atoms with van der Waals surface area (Å²) >= 11 is 0. The molecule has 0 atom stereocenters. The molecule has 0 radical (unpaired) electrons. The molecule has 0 aromatic heterocycles. The first kappa shape index (κ1) is 14.8. The number of rotatable bonds is 5. The van der Waals surface area contributed by atoms with E-state index in [-0.39, 0.29) is 11.7 Å². The SMILES string of the molecule is CCCCCC(=O)N1CCN(c2ccc(F)cc2)CC1. The van der Waals surface area contributed by atoms with Gasteiger partial charge in [-0.15, -0.1) is 0 Å². The van der Waals surface area contributed by atoms with Crippen molar-refractivity contribution in [3.63, 3.8) is 0 Å². The molecule has 0 N–H and O–H groups in total. The van der Waals surface area contributed by atoms with Crippen LogP contribution in [0, 0.1) is 5.82 Å². The smallest absolute Gasteiger partial charge is 0.222 e. The number of carbonyl (C=O) groups excluding carboxylic acids is 1. The summed E-state index contributed by atoms with van der Waals surface area (Å²) in [5, 5.41) is 0. The molecule has 1 aliphatic rings. The lowest BCUT2D eigenvalue weighted by Gasteiger charge is -2.36. The molecule has 20 heavy (non-hydrogen) atoms. The quantitative estimate of drug-likeness (QED) is 0.773. The highest BCUT2D eigenvalue weighted by Crippen LogP contribution is 2.17. The van der Waals surface area contributed by atoms with E-state index in [1.165, 1.54) is 12.1 Å². The number of benzene rings is 1. The van der Waals surface area contributed by atoms with Crippen molar-refractivity contribution < 1.29 is 9.18 Å². The van der Waals surface area contributed by atoms with Crippen LogP contribution in [0.4, 0.5) is 10.1 Å². The van der Waals surface area contributed by atoms with Crippen LogP contribution < -0.4 is 4.90 Å². The highest BCUT2D eigenvalue weighted by molar-refractivity contribution is 5.76. The predicted molar refractivity (Wildman–Crippen MR) is 79.3 cm³/mol. The molecule has 1 aromatic rings. The Morgan fingerprint density at radius 3 is 2.35 bits per heavy atom. The summed E-state index contributed by atoms with van der Waals surface area (Å²) in [7, 11) is 0. The van der Waals surface area contributed by atoms with Gasteiger partial charge in [0.25, 0.3) is 0 Å². The summed E-state index contributed by atoms with van der Waals surface area (Å²) in [6.07, 6.45) is 3.94. The number of hydrogen-bond donors (Lipinski definition) is 0. The van der Waals surface area contributed by atoms with Crippen LogP contribution in [0.5, 0.6) is 0 Å². The van der Waals surface area contributed by atoms with Gasteiger partial charge in [-0.2, -0.15) is 0 Å². The van der Waals surface area contributed by atoms with Crippen LogP contribution in [0.15, 0.2) is 24.3 Å². The first-order valence-electron chi connectivity index (χ1n) is 7.49. The zero-order valence-corrected chi connectivity index (χ0v) is 12.1. The Balaban J connectivity index is 1.80. The minimum Gasteiger partial charge on any atom is -0.368 e. The van der Waals surface area contributed by atoms with Crippen LogP contribution in [0.25, 0.3) is 0 Å². The molecule has 1 saturated heterocycles. The number of hydrogen-bond acceptors (Lipinski definition) is 2. The van der Waals surface area contributed by atoms with Gasteiger partial charge >= 0.3 is 0 Å². The van der Waals surface area contributed by atoms with Crippen LogP contribution >= 0.6 is 0 Å². The van der Waals surface area contributed by atoms with Gasteiger partial charge in [0.15, 0.2) is 0 Å². The van der Waals surface area contributed by atoms with E-state index in [0.29, 0.717) is 6.42 Å². The lowest BCUT2D eigenvalue weighted by molar-refractivity contribution is -0.131. The van der Waals surface area contributed by atoms with Crippen molar-refractivity contribution in [2.24, 2.45) is 0 Å². The molecule has 4 heteroatoms. The van der Waals surface area contributed by atoms with Crippen molar-refractivity contribution in [2.45, 2.75) is 32.6 Å². The average Bonchev–Trinajstić information content (AvgIpc) is 2.48. The van der Waals surface area contributed by atoms with E-state index in [1.807, 2.05) is 4.90 Å². The van der Waals surface area contributed by atoms with E-state index < -0.39 is 0 Å². The maximum Gasteiger partial charge on any atom is 0.222 e. The molecule has 1 aliphatic heterocycles. The number of nitrogens with zero attached hydrogens (tertiary/aromatic N) is 2. The molecule has 2 rings (SSSR count). The normalized spacial score (nSPS) is 15.5. The monoisotopic (exact) mass is 278 g/mol. The Labute approximate surface area is 120 Å². The third-order valence-corrected chi connectivity index (χ3v) is 3.82. The molecule has 1 amide bonds. The molecule has 110 valence electrons. The van der Waals surface area contributed by atoms with Gasteiger partial charge < -0.3 is 9.80 Å². The van der Waals surface area contributed by atoms with E-state index >= 15 is 0 Å². The number of carbonyl (C=O) groups is 1. The van der Waals surface area contributed by atoms with Crippen molar-refractivity contribution in [1.82, 2.24) is 4.90 Å². The van der Waals surface area contributed by atoms with Crippen molar-refractivity contribution in [1.29, 1.82) is 0 Å². The fourth-order valence-electron chi connectivity index (χ4n) is 2.55. The fraction of sp³-hybridized carbons (Fsp3) is 0.562. The summed E-state index contributed by atoms with van der Waals surface area (Å²) in [5.74, 6) is 0.0655. The Bertz CT molecular complexity index is 425. The van der Waals surface area contributed by atoms with Crippen molar-refractivity contribution in [2.75, 3.05) is 31.1 Å². The summed E-state index contributed by atoms with van der Waals surface area (Å²) in [5.41, 5.74) is 1.03.